The van der Waals surface area contributed by atoms with Crippen molar-refractivity contribution in [3.05, 3.63) is 47.3 Å². The number of halogens is 1. The second-order valence-electron chi connectivity index (χ2n) is 14.7. The van der Waals surface area contributed by atoms with Crippen LogP contribution in [0.1, 0.15) is 82.8 Å². The van der Waals surface area contributed by atoms with Crippen molar-refractivity contribution in [1.82, 2.24) is 25.2 Å². The lowest BCUT2D eigenvalue weighted by Crippen LogP contribution is -2.58. The maximum atomic E-state index is 14.4. The Bertz CT molecular complexity index is 1720. The Hall–Kier alpha value is -4.05. The molecule has 5 amide bonds. The highest BCUT2D eigenvalue weighted by Gasteiger charge is 2.62. The highest BCUT2D eigenvalue weighted by molar-refractivity contribution is 7.91. The van der Waals surface area contributed by atoms with Crippen LogP contribution in [0.15, 0.2) is 30.4 Å². The standard InChI is InChI=1S/C35H46FN5O9S/c1-20(2)29(42)31(44)37-27-12-7-5-3-4-6-10-22-16-35(22,33(46)39-51(48,49)24-13-14-24)38-30(43)28-15-23(18-41(28)32(27)45)50-34(47)40-17-21-9-8-11-26(36)25(21)19-40/h6,8-11,20,22-24,27-29,42H,3-5,7,12-19H2,1-2H3,(H,37,44)(H,38,43)(H,39,46)/b10-6-/t22-,23-,27+,28?,29?,35-/m1/s1. The van der Waals surface area contributed by atoms with Gasteiger partial charge < -0.3 is 25.4 Å². The molecular formula is C35H46FN5O9S. The first-order valence-corrected chi connectivity index (χ1v) is 19.3. The minimum absolute atomic E-state index is 0.0112. The lowest BCUT2D eigenvalue weighted by atomic mass is 10.0. The molecule has 2 unspecified atom stereocenters. The minimum Gasteiger partial charge on any atom is -0.444 e. The Morgan fingerprint density at radius 3 is 2.57 bits per heavy atom. The van der Waals surface area contributed by atoms with E-state index in [-0.39, 0.29) is 38.9 Å². The average Bonchev–Trinajstić information content (AvgIpc) is 3.96. The number of carbonyl (C=O) groups is 5. The number of sulfonamides is 1. The molecule has 6 atom stereocenters. The molecule has 5 aliphatic rings. The van der Waals surface area contributed by atoms with Crippen LogP contribution in [0.5, 0.6) is 0 Å². The molecule has 2 aliphatic carbocycles. The van der Waals surface area contributed by atoms with E-state index >= 15 is 0 Å². The Kier molecular flexibility index (Phi) is 10.5. The molecule has 3 aliphatic heterocycles. The van der Waals surface area contributed by atoms with Gasteiger partial charge in [-0.3, -0.25) is 28.8 Å². The Balaban J connectivity index is 1.25. The second-order valence-corrected chi connectivity index (χ2v) is 16.7. The molecule has 1 saturated heterocycles. The predicted octanol–water partition coefficient (Wildman–Crippen LogP) is 1.75. The predicted molar refractivity (Wildman–Crippen MR) is 180 cm³/mol. The van der Waals surface area contributed by atoms with Gasteiger partial charge >= 0.3 is 6.09 Å². The molecule has 3 fully saturated rings. The van der Waals surface area contributed by atoms with E-state index in [2.05, 4.69) is 15.4 Å². The van der Waals surface area contributed by atoms with Crippen LogP contribution in [-0.4, -0.2) is 94.7 Å². The van der Waals surface area contributed by atoms with Gasteiger partial charge in [0.15, 0.2) is 0 Å². The van der Waals surface area contributed by atoms with Crippen molar-refractivity contribution in [2.24, 2.45) is 11.8 Å². The maximum Gasteiger partial charge on any atom is 0.410 e. The molecule has 1 aromatic carbocycles. The number of amides is 5. The van der Waals surface area contributed by atoms with Crippen LogP contribution in [0.25, 0.3) is 0 Å². The van der Waals surface area contributed by atoms with Crippen molar-refractivity contribution in [3.63, 3.8) is 0 Å². The third kappa shape index (κ3) is 7.91. The van der Waals surface area contributed by atoms with Crippen molar-refractivity contribution in [3.8, 4) is 0 Å². The summed E-state index contributed by atoms with van der Waals surface area (Å²) >= 11 is 0. The zero-order valence-electron chi connectivity index (χ0n) is 28.8. The largest absolute Gasteiger partial charge is 0.444 e. The molecule has 278 valence electrons. The first-order chi connectivity index (χ1) is 24.2. The van der Waals surface area contributed by atoms with Crippen molar-refractivity contribution >= 4 is 39.7 Å². The number of nitrogens with one attached hydrogen (secondary N) is 3. The monoisotopic (exact) mass is 731 g/mol. The quantitative estimate of drug-likeness (QED) is 0.303. The molecule has 0 spiro atoms. The summed E-state index contributed by atoms with van der Waals surface area (Å²) in [6.45, 7) is 3.22. The molecule has 16 heteroatoms. The summed E-state index contributed by atoms with van der Waals surface area (Å²) in [4.78, 5) is 70.8. The van der Waals surface area contributed by atoms with E-state index in [0.29, 0.717) is 43.2 Å². The van der Waals surface area contributed by atoms with Crippen LogP contribution < -0.4 is 15.4 Å². The number of aliphatic hydroxyl groups is 1. The molecule has 0 radical (unpaired) electrons. The number of hydrogen-bond donors (Lipinski definition) is 4. The summed E-state index contributed by atoms with van der Waals surface area (Å²) in [5.41, 5.74) is -0.548. The molecule has 0 aromatic heterocycles. The fraction of sp³-hybridized carbons (Fsp3) is 0.629. The third-order valence-electron chi connectivity index (χ3n) is 10.5. The number of aliphatic hydroxyl groups excluding tert-OH is 1. The number of carbonyl (C=O) groups excluding carboxylic acids is 5. The number of benzene rings is 1. The highest BCUT2D eigenvalue weighted by Crippen LogP contribution is 2.46. The van der Waals surface area contributed by atoms with Gasteiger partial charge in [0.1, 0.15) is 35.6 Å². The smallest absolute Gasteiger partial charge is 0.410 e. The van der Waals surface area contributed by atoms with Gasteiger partial charge in [-0.2, -0.15) is 0 Å². The summed E-state index contributed by atoms with van der Waals surface area (Å²) in [7, 11) is -3.93. The van der Waals surface area contributed by atoms with Gasteiger partial charge in [-0.05, 0) is 56.1 Å². The Morgan fingerprint density at radius 2 is 1.86 bits per heavy atom. The number of nitrogens with zero attached hydrogens (tertiary/aromatic N) is 2. The van der Waals surface area contributed by atoms with Gasteiger partial charge in [0.2, 0.25) is 27.7 Å². The second kappa shape index (κ2) is 14.5. The molecule has 2 saturated carbocycles. The summed E-state index contributed by atoms with van der Waals surface area (Å²) in [5.74, 6) is -4.30. The van der Waals surface area contributed by atoms with E-state index in [1.54, 1.807) is 32.1 Å². The van der Waals surface area contributed by atoms with Gasteiger partial charge in [0, 0.05) is 24.4 Å². The lowest BCUT2D eigenvalue weighted by molar-refractivity contribution is -0.144. The zero-order chi connectivity index (χ0) is 36.7. The number of rotatable bonds is 7. The molecule has 3 heterocycles. The van der Waals surface area contributed by atoms with Crippen LogP contribution in [0.2, 0.25) is 0 Å². The summed E-state index contributed by atoms with van der Waals surface area (Å²) in [6.07, 6.45) is 4.33. The lowest BCUT2D eigenvalue weighted by Gasteiger charge is -2.30. The first-order valence-electron chi connectivity index (χ1n) is 17.8. The van der Waals surface area contributed by atoms with Crippen LogP contribution in [0.3, 0.4) is 0 Å². The van der Waals surface area contributed by atoms with Crippen molar-refractivity contribution < 1.29 is 46.6 Å². The highest BCUT2D eigenvalue weighted by atomic mass is 32.2. The molecule has 1 aromatic rings. The van der Waals surface area contributed by atoms with E-state index in [4.69, 9.17) is 4.74 Å². The fourth-order valence-corrected chi connectivity index (χ4v) is 8.50. The molecule has 6 rings (SSSR count). The third-order valence-corrected chi connectivity index (χ3v) is 12.3. The Morgan fingerprint density at radius 1 is 1.10 bits per heavy atom. The van der Waals surface area contributed by atoms with Crippen LogP contribution in [0, 0.1) is 17.7 Å². The number of hydrogen-bond acceptors (Lipinski definition) is 9. The van der Waals surface area contributed by atoms with Crippen molar-refractivity contribution in [2.45, 2.75) is 120 Å². The van der Waals surface area contributed by atoms with Gasteiger partial charge in [-0.1, -0.05) is 51.0 Å². The van der Waals surface area contributed by atoms with Gasteiger partial charge in [-0.25, -0.2) is 17.6 Å². The van der Waals surface area contributed by atoms with Gasteiger partial charge in [-0.15, -0.1) is 0 Å². The fourth-order valence-electron chi connectivity index (χ4n) is 7.13. The van der Waals surface area contributed by atoms with E-state index in [1.807, 2.05) is 6.08 Å². The average molecular weight is 732 g/mol. The van der Waals surface area contributed by atoms with Gasteiger partial charge in [0.05, 0.1) is 18.3 Å². The molecule has 0 bridgehead atoms. The number of fused-ring (bicyclic) bond motifs is 3. The van der Waals surface area contributed by atoms with E-state index in [1.165, 1.54) is 15.9 Å². The van der Waals surface area contributed by atoms with Crippen LogP contribution in [-0.2, 0) is 47.0 Å². The van der Waals surface area contributed by atoms with Crippen molar-refractivity contribution in [1.29, 1.82) is 0 Å². The van der Waals surface area contributed by atoms with Crippen molar-refractivity contribution in [2.75, 3.05) is 6.54 Å². The molecule has 14 nitrogen and oxygen atoms in total. The Labute approximate surface area is 296 Å². The molecular weight excluding hydrogens is 685 g/mol. The zero-order valence-corrected chi connectivity index (χ0v) is 29.6. The van der Waals surface area contributed by atoms with Gasteiger partial charge in [0.25, 0.3) is 5.91 Å². The first kappa shape index (κ1) is 36.7. The summed E-state index contributed by atoms with van der Waals surface area (Å²) in [6, 6.07) is 2.22. The number of allylic oxidation sites excluding steroid dienone is 1. The molecule has 51 heavy (non-hydrogen) atoms. The minimum atomic E-state index is -3.93. The normalized spacial score (nSPS) is 29.4. The summed E-state index contributed by atoms with van der Waals surface area (Å²) in [5, 5.41) is 15.2. The van der Waals surface area contributed by atoms with E-state index < -0.39 is 92.5 Å². The topological polar surface area (TPSA) is 192 Å². The SMILES string of the molecule is CC(C)C(O)C(=O)N[C@H]1CCCCC/C=C\[C@@H]2C[C@@]2(C(=O)NS(=O)(=O)C2CC2)NC(=O)C2C[C@@H](OC(=O)N3Cc4cccc(F)c4C3)CN2C1=O. The van der Waals surface area contributed by atoms with E-state index in [0.717, 1.165) is 6.42 Å². The summed E-state index contributed by atoms with van der Waals surface area (Å²) < 4.78 is 47.8. The number of ether oxygens (including phenoxy) is 1. The van der Waals surface area contributed by atoms with Crippen LogP contribution >= 0.6 is 0 Å². The maximum absolute atomic E-state index is 14.4. The van der Waals surface area contributed by atoms with E-state index in [9.17, 15) is 41.9 Å². The molecule has 4 N–H and O–H groups in total. The van der Waals surface area contributed by atoms with Crippen LogP contribution in [0.4, 0.5) is 9.18 Å².